The average molecular weight is 223 g/mol. The van der Waals surface area contributed by atoms with Gasteiger partial charge in [0.1, 0.15) is 5.60 Å². The molecule has 1 rings (SSSR count). The SMILES string of the molecule is CCC1=C(C)C(C)=C(N)C(C)(OC)C1CC. The Labute approximate surface area is 99.6 Å². The van der Waals surface area contributed by atoms with Crippen molar-refractivity contribution in [1.29, 1.82) is 0 Å². The normalized spacial score (nSPS) is 31.2. The molecule has 0 radical (unpaired) electrons. The van der Waals surface area contributed by atoms with Crippen LogP contribution >= 0.6 is 0 Å². The van der Waals surface area contributed by atoms with Crippen LogP contribution in [-0.4, -0.2) is 12.7 Å². The lowest BCUT2D eigenvalue weighted by Crippen LogP contribution is -2.46. The van der Waals surface area contributed by atoms with Crippen LogP contribution in [0.15, 0.2) is 22.4 Å². The van der Waals surface area contributed by atoms with Crippen LogP contribution in [0.2, 0.25) is 0 Å². The van der Waals surface area contributed by atoms with Gasteiger partial charge in [-0.15, -0.1) is 0 Å². The highest BCUT2D eigenvalue weighted by Crippen LogP contribution is 2.44. The van der Waals surface area contributed by atoms with Crippen LogP contribution in [0.1, 0.15) is 47.5 Å². The maximum atomic E-state index is 6.26. The third kappa shape index (κ3) is 1.69. The fraction of sp³-hybridized carbons (Fsp3) is 0.714. The molecule has 2 heteroatoms. The van der Waals surface area contributed by atoms with Gasteiger partial charge in [0.2, 0.25) is 0 Å². The van der Waals surface area contributed by atoms with Crippen LogP contribution in [-0.2, 0) is 4.74 Å². The van der Waals surface area contributed by atoms with Crippen molar-refractivity contribution < 1.29 is 4.74 Å². The quantitative estimate of drug-likeness (QED) is 0.796. The summed E-state index contributed by atoms with van der Waals surface area (Å²) in [6, 6.07) is 0. The number of rotatable bonds is 3. The number of allylic oxidation sites excluding steroid dienone is 2. The summed E-state index contributed by atoms with van der Waals surface area (Å²) in [5, 5.41) is 0. The Kier molecular flexibility index (Phi) is 3.84. The fourth-order valence-electron chi connectivity index (χ4n) is 3.00. The van der Waals surface area contributed by atoms with Crippen molar-refractivity contribution in [1.82, 2.24) is 0 Å². The summed E-state index contributed by atoms with van der Waals surface area (Å²) in [5.41, 5.74) is 10.9. The second-order valence-corrected chi connectivity index (χ2v) is 4.81. The van der Waals surface area contributed by atoms with Gasteiger partial charge >= 0.3 is 0 Å². The number of hydrogen-bond acceptors (Lipinski definition) is 2. The molecule has 0 saturated carbocycles. The molecular weight excluding hydrogens is 198 g/mol. The van der Waals surface area contributed by atoms with E-state index in [1.54, 1.807) is 7.11 Å². The van der Waals surface area contributed by atoms with Gasteiger partial charge < -0.3 is 10.5 Å². The minimum Gasteiger partial charge on any atom is -0.399 e. The number of nitrogens with two attached hydrogens (primary N) is 1. The van der Waals surface area contributed by atoms with Crippen molar-refractivity contribution in [2.24, 2.45) is 11.7 Å². The zero-order valence-corrected chi connectivity index (χ0v) is 11.5. The summed E-state index contributed by atoms with van der Waals surface area (Å²) in [6.45, 7) is 10.8. The van der Waals surface area contributed by atoms with Gasteiger partial charge in [0, 0.05) is 18.7 Å². The number of hydrogen-bond donors (Lipinski definition) is 1. The molecule has 0 heterocycles. The largest absolute Gasteiger partial charge is 0.399 e. The van der Waals surface area contributed by atoms with E-state index in [0.717, 1.165) is 18.5 Å². The third-order valence-electron chi connectivity index (χ3n) is 4.28. The van der Waals surface area contributed by atoms with Crippen LogP contribution in [0.25, 0.3) is 0 Å². The van der Waals surface area contributed by atoms with Crippen molar-refractivity contribution in [3.8, 4) is 0 Å². The Morgan fingerprint density at radius 1 is 1.25 bits per heavy atom. The zero-order valence-electron chi connectivity index (χ0n) is 11.5. The first-order valence-electron chi connectivity index (χ1n) is 6.15. The van der Waals surface area contributed by atoms with E-state index in [2.05, 4.69) is 34.6 Å². The summed E-state index contributed by atoms with van der Waals surface area (Å²) < 4.78 is 5.73. The van der Waals surface area contributed by atoms with Gasteiger partial charge in [0.25, 0.3) is 0 Å². The summed E-state index contributed by atoms with van der Waals surface area (Å²) in [4.78, 5) is 0. The molecule has 2 nitrogen and oxygen atoms in total. The molecule has 2 unspecified atom stereocenters. The minimum atomic E-state index is -0.330. The highest BCUT2D eigenvalue weighted by atomic mass is 16.5. The Balaban J connectivity index is 3.39. The van der Waals surface area contributed by atoms with Gasteiger partial charge in [-0.25, -0.2) is 0 Å². The summed E-state index contributed by atoms with van der Waals surface area (Å²) in [5.74, 6) is 0.409. The van der Waals surface area contributed by atoms with Gasteiger partial charge in [0.05, 0.1) is 0 Å². The molecule has 92 valence electrons. The molecule has 2 N–H and O–H groups in total. The van der Waals surface area contributed by atoms with Crippen molar-refractivity contribution in [2.45, 2.75) is 53.1 Å². The predicted molar refractivity (Wildman–Crippen MR) is 69.1 cm³/mol. The molecule has 0 bridgehead atoms. The van der Waals surface area contributed by atoms with E-state index in [0.29, 0.717) is 5.92 Å². The Morgan fingerprint density at radius 3 is 2.19 bits per heavy atom. The fourth-order valence-corrected chi connectivity index (χ4v) is 3.00. The lowest BCUT2D eigenvalue weighted by molar-refractivity contribution is -0.00652. The molecule has 0 aliphatic heterocycles. The van der Waals surface area contributed by atoms with E-state index in [9.17, 15) is 0 Å². The third-order valence-corrected chi connectivity index (χ3v) is 4.28. The van der Waals surface area contributed by atoms with Crippen LogP contribution in [0.4, 0.5) is 0 Å². The molecule has 0 saturated heterocycles. The molecular formula is C14H25NO. The Hall–Kier alpha value is -0.760. The number of methoxy groups -OCH3 is 1. The second-order valence-electron chi connectivity index (χ2n) is 4.81. The molecule has 16 heavy (non-hydrogen) atoms. The minimum absolute atomic E-state index is 0.330. The maximum absolute atomic E-state index is 6.26. The van der Waals surface area contributed by atoms with E-state index in [-0.39, 0.29) is 5.60 Å². The molecule has 0 spiro atoms. The highest BCUT2D eigenvalue weighted by molar-refractivity contribution is 5.45. The average Bonchev–Trinajstić information content (AvgIpc) is 2.30. The molecule has 2 atom stereocenters. The monoisotopic (exact) mass is 223 g/mol. The smallest absolute Gasteiger partial charge is 0.111 e. The Bertz CT molecular complexity index is 339. The molecule has 0 fully saturated rings. The van der Waals surface area contributed by atoms with Gasteiger partial charge in [-0.3, -0.25) is 0 Å². The van der Waals surface area contributed by atoms with Gasteiger partial charge in [0.15, 0.2) is 0 Å². The summed E-state index contributed by atoms with van der Waals surface area (Å²) in [7, 11) is 1.76. The van der Waals surface area contributed by atoms with E-state index in [4.69, 9.17) is 10.5 Å². The lowest BCUT2D eigenvalue weighted by atomic mass is 9.70. The van der Waals surface area contributed by atoms with Crippen molar-refractivity contribution >= 4 is 0 Å². The second kappa shape index (κ2) is 4.62. The number of ether oxygens (including phenoxy) is 1. The zero-order chi connectivity index (χ0) is 12.5. The predicted octanol–water partition coefficient (Wildman–Crippen LogP) is 3.39. The van der Waals surface area contributed by atoms with E-state index in [1.165, 1.54) is 16.7 Å². The lowest BCUT2D eigenvalue weighted by Gasteiger charge is -2.43. The summed E-state index contributed by atoms with van der Waals surface area (Å²) in [6.07, 6.45) is 2.15. The first-order chi connectivity index (χ1) is 7.43. The van der Waals surface area contributed by atoms with E-state index >= 15 is 0 Å². The van der Waals surface area contributed by atoms with Crippen molar-refractivity contribution in [2.75, 3.05) is 7.11 Å². The van der Waals surface area contributed by atoms with E-state index in [1.807, 2.05) is 0 Å². The van der Waals surface area contributed by atoms with Crippen molar-refractivity contribution in [3.63, 3.8) is 0 Å². The Morgan fingerprint density at radius 2 is 1.81 bits per heavy atom. The van der Waals surface area contributed by atoms with Crippen molar-refractivity contribution in [3.05, 3.63) is 22.4 Å². The highest BCUT2D eigenvalue weighted by Gasteiger charge is 2.42. The standard InChI is InChI=1S/C14H25NO/c1-7-11-9(3)10(4)13(15)14(5,16-6)12(11)8-2/h12H,7-8,15H2,1-6H3. The summed E-state index contributed by atoms with van der Waals surface area (Å²) >= 11 is 0. The molecule has 0 aromatic rings. The van der Waals surface area contributed by atoms with Gasteiger partial charge in [-0.2, -0.15) is 0 Å². The van der Waals surface area contributed by atoms with Crippen LogP contribution in [0, 0.1) is 5.92 Å². The molecule has 1 aliphatic carbocycles. The molecule has 1 aliphatic rings. The molecule has 0 aromatic carbocycles. The van der Waals surface area contributed by atoms with Crippen LogP contribution in [0.3, 0.4) is 0 Å². The molecule has 0 amide bonds. The van der Waals surface area contributed by atoms with Crippen LogP contribution in [0.5, 0.6) is 0 Å². The maximum Gasteiger partial charge on any atom is 0.111 e. The van der Waals surface area contributed by atoms with E-state index < -0.39 is 0 Å². The molecule has 0 aromatic heterocycles. The first-order valence-corrected chi connectivity index (χ1v) is 6.15. The van der Waals surface area contributed by atoms with Gasteiger partial charge in [-0.05, 0) is 44.8 Å². The van der Waals surface area contributed by atoms with Crippen LogP contribution < -0.4 is 5.73 Å². The first kappa shape index (κ1) is 13.3. The topological polar surface area (TPSA) is 35.2 Å². The van der Waals surface area contributed by atoms with Gasteiger partial charge in [-0.1, -0.05) is 19.4 Å².